The van der Waals surface area contributed by atoms with E-state index in [0.29, 0.717) is 11.4 Å². The fraction of sp³-hybridized carbons (Fsp3) is 0.250. The van der Waals surface area contributed by atoms with E-state index < -0.39 is 10.0 Å². The fourth-order valence-corrected chi connectivity index (χ4v) is 3.29. The molecular weight excluding hydrogens is 300 g/mol. The Morgan fingerprint density at radius 2 is 2.15 bits per heavy atom. The molecule has 0 atom stereocenters. The van der Waals surface area contributed by atoms with Gasteiger partial charge in [0.25, 0.3) is 0 Å². The van der Waals surface area contributed by atoms with Crippen molar-refractivity contribution in [2.75, 3.05) is 5.73 Å². The predicted octanol–water partition coefficient (Wildman–Crippen LogP) is 1.44. The van der Waals surface area contributed by atoms with E-state index in [2.05, 4.69) is 9.82 Å². The average molecular weight is 315 g/mol. The second-order valence-electron chi connectivity index (χ2n) is 4.44. The van der Waals surface area contributed by atoms with Gasteiger partial charge in [-0.2, -0.15) is 5.10 Å². The molecular formula is C12H15ClN4O2S. The van der Waals surface area contributed by atoms with Gasteiger partial charge in [-0.1, -0.05) is 11.6 Å². The molecule has 1 heterocycles. The van der Waals surface area contributed by atoms with Crippen LogP contribution in [-0.2, 0) is 23.6 Å². The first-order valence-corrected chi connectivity index (χ1v) is 7.69. The molecule has 1 aromatic carbocycles. The van der Waals surface area contributed by atoms with Crippen molar-refractivity contribution in [2.24, 2.45) is 7.05 Å². The monoisotopic (exact) mass is 314 g/mol. The number of hydrogen-bond donors (Lipinski definition) is 2. The number of halogens is 1. The van der Waals surface area contributed by atoms with Gasteiger partial charge in [-0.3, -0.25) is 4.68 Å². The zero-order chi connectivity index (χ0) is 14.9. The zero-order valence-corrected chi connectivity index (χ0v) is 12.7. The van der Waals surface area contributed by atoms with Crippen molar-refractivity contribution in [3.63, 3.8) is 0 Å². The molecule has 2 aromatic rings. The molecule has 0 unspecified atom stereocenters. The Kier molecular flexibility index (Phi) is 4.03. The SMILES string of the molecule is Cc1cc(Cl)c(S(=O)(=O)NCc2ccn(C)n2)cc1N. The van der Waals surface area contributed by atoms with Gasteiger partial charge >= 0.3 is 0 Å². The predicted molar refractivity (Wildman–Crippen MR) is 77.8 cm³/mol. The number of benzene rings is 1. The van der Waals surface area contributed by atoms with Crippen LogP contribution < -0.4 is 10.5 Å². The summed E-state index contributed by atoms with van der Waals surface area (Å²) in [5, 5.41) is 4.24. The Bertz CT molecular complexity index is 740. The summed E-state index contributed by atoms with van der Waals surface area (Å²) in [6.45, 7) is 1.85. The number of nitrogens with zero attached hydrogens (tertiary/aromatic N) is 2. The highest BCUT2D eigenvalue weighted by Gasteiger charge is 2.19. The van der Waals surface area contributed by atoms with Gasteiger partial charge in [0, 0.05) is 18.9 Å². The van der Waals surface area contributed by atoms with Crippen molar-refractivity contribution >= 4 is 27.3 Å². The highest BCUT2D eigenvalue weighted by atomic mass is 35.5. The van der Waals surface area contributed by atoms with Gasteiger partial charge in [0.1, 0.15) is 4.90 Å². The second kappa shape index (κ2) is 5.43. The lowest BCUT2D eigenvalue weighted by Gasteiger charge is -2.10. The number of aromatic nitrogens is 2. The molecule has 0 bridgehead atoms. The van der Waals surface area contributed by atoms with E-state index in [1.807, 2.05) is 0 Å². The molecule has 1 aromatic heterocycles. The van der Waals surface area contributed by atoms with Gasteiger partial charge in [-0.25, -0.2) is 13.1 Å². The zero-order valence-electron chi connectivity index (χ0n) is 11.1. The number of nitrogens with one attached hydrogen (secondary N) is 1. The highest BCUT2D eigenvalue weighted by Crippen LogP contribution is 2.26. The number of hydrogen-bond acceptors (Lipinski definition) is 4. The lowest BCUT2D eigenvalue weighted by molar-refractivity contribution is 0.579. The maximum Gasteiger partial charge on any atom is 0.242 e. The fourth-order valence-electron chi connectivity index (χ4n) is 1.68. The van der Waals surface area contributed by atoms with Gasteiger partial charge in [-0.15, -0.1) is 0 Å². The van der Waals surface area contributed by atoms with Crippen molar-refractivity contribution in [3.8, 4) is 0 Å². The van der Waals surface area contributed by atoms with E-state index in [0.717, 1.165) is 5.56 Å². The summed E-state index contributed by atoms with van der Waals surface area (Å²) in [6, 6.07) is 4.62. The second-order valence-corrected chi connectivity index (χ2v) is 6.59. The van der Waals surface area contributed by atoms with Gasteiger partial charge in [0.2, 0.25) is 10.0 Å². The topological polar surface area (TPSA) is 90.0 Å². The van der Waals surface area contributed by atoms with Crippen molar-refractivity contribution < 1.29 is 8.42 Å². The molecule has 0 saturated carbocycles. The van der Waals surface area contributed by atoms with Crippen LogP contribution in [0, 0.1) is 6.92 Å². The van der Waals surface area contributed by atoms with Gasteiger partial charge in [-0.05, 0) is 30.7 Å². The van der Waals surface area contributed by atoms with Gasteiger partial charge in [0.15, 0.2) is 0 Å². The van der Waals surface area contributed by atoms with Crippen LogP contribution in [0.1, 0.15) is 11.3 Å². The smallest absolute Gasteiger partial charge is 0.242 e. The summed E-state index contributed by atoms with van der Waals surface area (Å²) in [7, 11) is -1.97. The normalized spacial score (nSPS) is 11.8. The van der Waals surface area contributed by atoms with Crippen molar-refractivity contribution in [2.45, 2.75) is 18.4 Å². The summed E-state index contributed by atoms with van der Waals surface area (Å²) in [6.07, 6.45) is 1.74. The number of sulfonamides is 1. The van der Waals surface area contributed by atoms with E-state index in [-0.39, 0.29) is 16.5 Å². The van der Waals surface area contributed by atoms with E-state index >= 15 is 0 Å². The summed E-state index contributed by atoms with van der Waals surface area (Å²) in [5.41, 5.74) is 7.47. The van der Waals surface area contributed by atoms with Crippen LogP contribution in [0.15, 0.2) is 29.3 Å². The molecule has 0 fully saturated rings. The molecule has 108 valence electrons. The standard InChI is InChI=1S/C12H15ClN4O2S/c1-8-5-10(13)12(6-11(8)14)20(18,19)15-7-9-3-4-17(2)16-9/h3-6,15H,7,14H2,1-2H3. The Hall–Kier alpha value is -1.57. The van der Waals surface area contributed by atoms with E-state index in [1.54, 1.807) is 30.9 Å². The number of nitrogen functional groups attached to an aromatic ring is 1. The van der Waals surface area contributed by atoms with Crippen LogP contribution in [0.3, 0.4) is 0 Å². The molecule has 0 spiro atoms. The number of anilines is 1. The quantitative estimate of drug-likeness (QED) is 0.836. The van der Waals surface area contributed by atoms with Crippen LogP contribution in [-0.4, -0.2) is 18.2 Å². The van der Waals surface area contributed by atoms with Crippen LogP contribution in [0.5, 0.6) is 0 Å². The first-order valence-electron chi connectivity index (χ1n) is 5.83. The Balaban J connectivity index is 2.24. The lowest BCUT2D eigenvalue weighted by atomic mass is 10.2. The molecule has 3 N–H and O–H groups in total. The Labute approximate surface area is 122 Å². The molecule has 2 rings (SSSR count). The Morgan fingerprint density at radius 1 is 1.45 bits per heavy atom. The number of aryl methyl sites for hydroxylation is 2. The van der Waals surface area contributed by atoms with Crippen molar-refractivity contribution in [1.29, 1.82) is 0 Å². The van der Waals surface area contributed by atoms with E-state index in [4.69, 9.17) is 17.3 Å². The molecule has 0 saturated heterocycles. The molecule has 0 aliphatic heterocycles. The third-order valence-electron chi connectivity index (χ3n) is 2.82. The number of rotatable bonds is 4. The largest absolute Gasteiger partial charge is 0.398 e. The van der Waals surface area contributed by atoms with Crippen LogP contribution >= 0.6 is 11.6 Å². The summed E-state index contributed by atoms with van der Waals surface area (Å²) in [4.78, 5) is -0.0294. The minimum Gasteiger partial charge on any atom is -0.398 e. The maximum atomic E-state index is 12.2. The van der Waals surface area contributed by atoms with E-state index in [1.165, 1.54) is 12.1 Å². The minimum absolute atomic E-state index is 0.0294. The first kappa shape index (κ1) is 14.8. The third kappa shape index (κ3) is 3.12. The van der Waals surface area contributed by atoms with Crippen molar-refractivity contribution in [3.05, 3.63) is 40.7 Å². The van der Waals surface area contributed by atoms with Crippen LogP contribution in [0.2, 0.25) is 5.02 Å². The highest BCUT2D eigenvalue weighted by molar-refractivity contribution is 7.89. The summed E-state index contributed by atoms with van der Waals surface area (Å²) >= 11 is 5.98. The summed E-state index contributed by atoms with van der Waals surface area (Å²) < 4.78 is 28.5. The molecule has 6 nitrogen and oxygen atoms in total. The van der Waals surface area contributed by atoms with Crippen LogP contribution in [0.4, 0.5) is 5.69 Å². The molecule has 0 aliphatic rings. The van der Waals surface area contributed by atoms with Gasteiger partial charge in [0.05, 0.1) is 17.3 Å². The maximum absolute atomic E-state index is 12.2. The van der Waals surface area contributed by atoms with Crippen LogP contribution in [0.25, 0.3) is 0 Å². The molecule has 0 aliphatic carbocycles. The molecule has 8 heteroatoms. The van der Waals surface area contributed by atoms with Crippen molar-refractivity contribution in [1.82, 2.24) is 14.5 Å². The first-order chi connectivity index (χ1) is 9.29. The van der Waals surface area contributed by atoms with Gasteiger partial charge < -0.3 is 5.73 Å². The average Bonchev–Trinajstić information content (AvgIpc) is 2.77. The number of nitrogens with two attached hydrogens (primary N) is 1. The third-order valence-corrected chi connectivity index (χ3v) is 4.69. The Morgan fingerprint density at radius 3 is 2.75 bits per heavy atom. The summed E-state index contributed by atoms with van der Waals surface area (Å²) in [5.74, 6) is 0. The lowest BCUT2D eigenvalue weighted by Crippen LogP contribution is -2.24. The molecule has 0 amide bonds. The molecule has 20 heavy (non-hydrogen) atoms. The molecule has 0 radical (unpaired) electrons. The van der Waals surface area contributed by atoms with E-state index in [9.17, 15) is 8.42 Å². The minimum atomic E-state index is -3.73.